The number of carbonyl (C=O) groups is 2. The summed E-state index contributed by atoms with van der Waals surface area (Å²) in [5.74, 6) is -1.31. The Balaban J connectivity index is 2.70. The lowest BCUT2D eigenvalue weighted by atomic mass is 10.2. The molecule has 0 N–H and O–H groups in total. The van der Waals surface area contributed by atoms with Crippen LogP contribution in [0, 0.1) is 5.82 Å². The second-order valence-corrected chi connectivity index (χ2v) is 3.60. The first-order valence-corrected chi connectivity index (χ1v) is 5.55. The van der Waals surface area contributed by atoms with Crippen LogP contribution in [0.15, 0.2) is 18.5 Å². The van der Waals surface area contributed by atoms with E-state index in [0.29, 0.717) is 6.54 Å². The van der Waals surface area contributed by atoms with E-state index in [9.17, 15) is 14.0 Å². The van der Waals surface area contributed by atoms with Crippen molar-refractivity contribution in [1.29, 1.82) is 0 Å². The van der Waals surface area contributed by atoms with Crippen LogP contribution in [0.25, 0.3) is 0 Å². The summed E-state index contributed by atoms with van der Waals surface area (Å²) in [5, 5.41) is 0. The Morgan fingerprint density at radius 2 is 2.17 bits per heavy atom. The van der Waals surface area contributed by atoms with Crippen molar-refractivity contribution in [3.63, 3.8) is 0 Å². The maximum Gasteiger partial charge on any atom is 0.307 e. The predicted octanol–water partition coefficient (Wildman–Crippen LogP) is 1.25. The van der Waals surface area contributed by atoms with E-state index in [0.717, 1.165) is 12.3 Å². The molecule has 0 saturated heterocycles. The van der Waals surface area contributed by atoms with Crippen LogP contribution in [0.1, 0.15) is 23.7 Å². The Labute approximate surface area is 105 Å². The minimum absolute atomic E-state index is 0.110. The van der Waals surface area contributed by atoms with E-state index < -0.39 is 11.8 Å². The number of hydrogen-bond acceptors (Lipinski definition) is 4. The van der Waals surface area contributed by atoms with Gasteiger partial charge in [-0.15, -0.1) is 0 Å². The molecule has 1 aromatic heterocycles. The van der Waals surface area contributed by atoms with Gasteiger partial charge >= 0.3 is 5.97 Å². The van der Waals surface area contributed by atoms with E-state index in [1.54, 1.807) is 6.92 Å². The van der Waals surface area contributed by atoms with E-state index in [1.165, 1.54) is 18.2 Å². The molecule has 0 aliphatic rings. The normalized spacial score (nSPS) is 9.94. The highest BCUT2D eigenvalue weighted by Gasteiger charge is 2.16. The number of esters is 1. The van der Waals surface area contributed by atoms with E-state index in [4.69, 9.17) is 0 Å². The second kappa shape index (κ2) is 6.68. The van der Waals surface area contributed by atoms with Gasteiger partial charge < -0.3 is 9.64 Å². The van der Waals surface area contributed by atoms with Gasteiger partial charge in [-0.3, -0.25) is 14.6 Å². The molecule has 6 heteroatoms. The van der Waals surface area contributed by atoms with Gasteiger partial charge in [0.2, 0.25) is 0 Å². The van der Waals surface area contributed by atoms with E-state index >= 15 is 0 Å². The van der Waals surface area contributed by atoms with Gasteiger partial charge in [-0.25, -0.2) is 4.39 Å². The highest BCUT2D eigenvalue weighted by Crippen LogP contribution is 2.06. The molecule has 1 amide bonds. The first kappa shape index (κ1) is 14.1. The number of nitrogens with zero attached hydrogens (tertiary/aromatic N) is 2. The predicted molar refractivity (Wildman–Crippen MR) is 62.4 cm³/mol. The largest absolute Gasteiger partial charge is 0.469 e. The topological polar surface area (TPSA) is 59.5 Å². The smallest absolute Gasteiger partial charge is 0.307 e. The summed E-state index contributed by atoms with van der Waals surface area (Å²) < 4.78 is 17.5. The van der Waals surface area contributed by atoms with Crippen molar-refractivity contribution in [3.05, 3.63) is 29.8 Å². The van der Waals surface area contributed by atoms with Gasteiger partial charge in [0.25, 0.3) is 5.91 Å². The summed E-state index contributed by atoms with van der Waals surface area (Å²) in [4.78, 5) is 28.1. The van der Waals surface area contributed by atoms with Crippen LogP contribution in [0.5, 0.6) is 0 Å². The van der Waals surface area contributed by atoms with Crippen LogP contribution >= 0.6 is 0 Å². The van der Waals surface area contributed by atoms with Crippen molar-refractivity contribution in [3.8, 4) is 0 Å². The lowest BCUT2D eigenvalue weighted by Gasteiger charge is -2.20. The van der Waals surface area contributed by atoms with E-state index in [1.807, 2.05) is 0 Å². The summed E-state index contributed by atoms with van der Waals surface area (Å²) >= 11 is 0. The Hall–Kier alpha value is -1.98. The molecule has 5 nitrogen and oxygen atoms in total. The van der Waals surface area contributed by atoms with Gasteiger partial charge in [-0.2, -0.15) is 0 Å². The molecule has 0 bridgehead atoms. The molecule has 98 valence electrons. The zero-order valence-corrected chi connectivity index (χ0v) is 10.4. The van der Waals surface area contributed by atoms with Crippen molar-refractivity contribution < 1.29 is 18.7 Å². The van der Waals surface area contributed by atoms with Gasteiger partial charge in [0.1, 0.15) is 5.82 Å². The fourth-order valence-corrected chi connectivity index (χ4v) is 1.44. The molecule has 0 fully saturated rings. The SMILES string of the molecule is CCN(CCC(=O)OC)C(=O)c1cncc(F)c1. The Bertz CT molecular complexity index is 437. The molecule has 0 radical (unpaired) electrons. The number of methoxy groups -OCH3 is 1. The second-order valence-electron chi connectivity index (χ2n) is 3.60. The minimum atomic E-state index is -0.565. The van der Waals surface area contributed by atoms with Gasteiger partial charge in [-0.05, 0) is 13.0 Å². The summed E-state index contributed by atoms with van der Waals surface area (Å²) in [7, 11) is 1.29. The van der Waals surface area contributed by atoms with Gasteiger partial charge in [0.05, 0.1) is 25.3 Å². The Kier molecular flexibility index (Phi) is 5.23. The van der Waals surface area contributed by atoms with Crippen molar-refractivity contribution in [2.45, 2.75) is 13.3 Å². The van der Waals surface area contributed by atoms with Crippen LogP contribution in [-0.4, -0.2) is 42.0 Å². The third-order valence-corrected chi connectivity index (χ3v) is 2.43. The highest BCUT2D eigenvalue weighted by molar-refractivity contribution is 5.94. The van der Waals surface area contributed by atoms with Crippen LogP contribution in [0.2, 0.25) is 0 Å². The average molecular weight is 254 g/mol. The third-order valence-electron chi connectivity index (χ3n) is 2.43. The first-order chi connectivity index (χ1) is 8.58. The van der Waals surface area contributed by atoms with Gasteiger partial charge in [-0.1, -0.05) is 0 Å². The molecule has 0 aliphatic carbocycles. The fourth-order valence-electron chi connectivity index (χ4n) is 1.44. The van der Waals surface area contributed by atoms with Crippen molar-refractivity contribution in [2.24, 2.45) is 0 Å². The summed E-state index contributed by atoms with van der Waals surface area (Å²) in [6.45, 7) is 2.44. The lowest BCUT2D eigenvalue weighted by molar-refractivity contribution is -0.140. The zero-order valence-electron chi connectivity index (χ0n) is 10.4. The Morgan fingerprint density at radius 3 is 2.72 bits per heavy atom. The molecule has 0 atom stereocenters. The summed E-state index contributed by atoms with van der Waals surface area (Å²) in [6.07, 6.45) is 2.44. The molecule has 0 aromatic carbocycles. The number of pyridine rings is 1. The molecule has 0 unspecified atom stereocenters. The van der Waals surface area contributed by atoms with Crippen molar-refractivity contribution in [2.75, 3.05) is 20.2 Å². The van der Waals surface area contributed by atoms with Gasteiger partial charge in [0, 0.05) is 19.3 Å². The number of rotatable bonds is 5. The molecular formula is C12H15FN2O3. The highest BCUT2D eigenvalue weighted by atomic mass is 19.1. The Morgan fingerprint density at radius 1 is 1.44 bits per heavy atom. The van der Waals surface area contributed by atoms with E-state index in [2.05, 4.69) is 9.72 Å². The number of ether oxygens (including phenoxy) is 1. The zero-order chi connectivity index (χ0) is 13.5. The maximum absolute atomic E-state index is 13.0. The first-order valence-electron chi connectivity index (χ1n) is 5.55. The fraction of sp³-hybridized carbons (Fsp3) is 0.417. The monoisotopic (exact) mass is 254 g/mol. The number of hydrogen-bond donors (Lipinski definition) is 0. The third kappa shape index (κ3) is 3.80. The van der Waals surface area contributed by atoms with Crippen LogP contribution in [-0.2, 0) is 9.53 Å². The quantitative estimate of drug-likeness (QED) is 0.742. The minimum Gasteiger partial charge on any atom is -0.469 e. The average Bonchev–Trinajstić information content (AvgIpc) is 2.38. The van der Waals surface area contributed by atoms with Crippen molar-refractivity contribution in [1.82, 2.24) is 9.88 Å². The molecular weight excluding hydrogens is 239 g/mol. The number of amides is 1. The molecule has 0 spiro atoms. The molecule has 1 heterocycles. The number of aromatic nitrogens is 1. The molecule has 1 aromatic rings. The molecule has 0 saturated carbocycles. The molecule has 1 rings (SSSR count). The van der Waals surface area contributed by atoms with Crippen molar-refractivity contribution >= 4 is 11.9 Å². The van der Waals surface area contributed by atoms with Crippen LogP contribution in [0.3, 0.4) is 0 Å². The molecule has 0 aliphatic heterocycles. The van der Waals surface area contributed by atoms with Gasteiger partial charge in [0.15, 0.2) is 0 Å². The number of carbonyl (C=O) groups excluding carboxylic acids is 2. The molecule has 18 heavy (non-hydrogen) atoms. The standard InChI is InChI=1S/C12H15FN2O3/c1-3-15(5-4-11(16)18-2)12(17)9-6-10(13)8-14-7-9/h6-8H,3-5H2,1-2H3. The summed E-state index contributed by atoms with van der Waals surface area (Å²) in [6, 6.07) is 1.12. The number of halogens is 1. The maximum atomic E-state index is 13.0. The van der Waals surface area contributed by atoms with E-state index in [-0.39, 0.29) is 24.4 Å². The van der Waals surface area contributed by atoms with Crippen LogP contribution < -0.4 is 0 Å². The lowest BCUT2D eigenvalue weighted by Crippen LogP contribution is -2.33. The summed E-state index contributed by atoms with van der Waals surface area (Å²) in [5.41, 5.74) is 0.168. The van der Waals surface area contributed by atoms with Crippen LogP contribution in [0.4, 0.5) is 4.39 Å².